The van der Waals surface area contributed by atoms with Gasteiger partial charge in [0.25, 0.3) is 6.47 Å². The Morgan fingerprint density at radius 2 is 1.58 bits per heavy atom. The Balaban J connectivity index is 2.34. The van der Waals surface area contributed by atoms with Crippen LogP contribution in [-0.4, -0.2) is 64.4 Å². The number of benzene rings is 1. The van der Waals surface area contributed by atoms with Crippen LogP contribution in [0.15, 0.2) is 18.2 Å². The van der Waals surface area contributed by atoms with Crippen molar-refractivity contribution in [3.8, 4) is 5.75 Å². The van der Waals surface area contributed by atoms with E-state index >= 15 is 0 Å². The number of rotatable bonds is 7. The molecule has 1 aromatic rings. The molecule has 1 fully saturated rings. The molecule has 10 heteroatoms. The lowest BCUT2D eigenvalue weighted by molar-refractivity contribution is -0.321. The number of esters is 1. The Kier molecular flexibility index (Phi) is 8.23. The molecule has 2 rings (SSSR count). The SMILES string of the molecule is CC(C)(C)C(=O)OCc1ccc(O[C@@H]2O[C@H](OC=O)[C@@H](O)[C@H](O)[C@H]2O)c(C(=O)C(C)(C)C)c1. The molecule has 0 saturated carbocycles. The smallest absolute Gasteiger partial charge is 0.311 e. The van der Waals surface area contributed by atoms with Crippen LogP contribution in [0.3, 0.4) is 0 Å². The second-order valence-corrected chi connectivity index (χ2v) is 9.93. The summed E-state index contributed by atoms with van der Waals surface area (Å²) in [6.45, 7) is 10.3. The molecule has 1 saturated heterocycles. The molecule has 0 aromatic heterocycles. The van der Waals surface area contributed by atoms with Crippen LogP contribution in [0.2, 0.25) is 0 Å². The Morgan fingerprint density at radius 1 is 0.970 bits per heavy atom. The molecule has 1 aliphatic heterocycles. The molecule has 0 amide bonds. The lowest BCUT2D eigenvalue weighted by atomic mass is 9.85. The Bertz CT molecular complexity index is 867. The largest absolute Gasteiger partial charge is 0.461 e. The maximum Gasteiger partial charge on any atom is 0.311 e. The molecule has 0 bridgehead atoms. The highest BCUT2D eigenvalue weighted by atomic mass is 16.8. The van der Waals surface area contributed by atoms with Gasteiger partial charge in [-0.25, -0.2) is 0 Å². The maximum absolute atomic E-state index is 13.1. The molecule has 1 aromatic carbocycles. The lowest BCUT2D eigenvalue weighted by Crippen LogP contribution is -2.59. The van der Waals surface area contributed by atoms with Crippen LogP contribution in [0.1, 0.15) is 57.5 Å². The Labute approximate surface area is 192 Å². The quantitative estimate of drug-likeness (QED) is 0.304. The number of hydrogen-bond acceptors (Lipinski definition) is 10. The van der Waals surface area contributed by atoms with Gasteiger partial charge in [-0.1, -0.05) is 26.8 Å². The van der Waals surface area contributed by atoms with Gasteiger partial charge in [0.2, 0.25) is 12.6 Å². The predicted molar refractivity (Wildman–Crippen MR) is 114 cm³/mol. The molecule has 10 nitrogen and oxygen atoms in total. The normalized spacial score (nSPS) is 25.8. The van der Waals surface area contributed by atoms with Gasteiger partial charge in [-0.2, -0.15) is 0 Å². The van der Waals surface area contributed by atoms with E-state index in [4.69, 9.17) is 14.2 Å². The zero-order chi connectivity index (χ0) is 25.1. The van der Waals surface area contributed by atoms with Gasteiger partial charge in [-0.3, -0.25) is 19.1 Å². The first kappa shape index (κ1) is 26.7. The third kappa shape index (κ3) is 6.50. The number of Topliss-reactive ketones (excluding diaryl/α,β-unsaturated/α-hetero) is 1. The molecule has 0 spiro atoms. The molecule has 184 valence electrons. The van der Waals surface area contributed by atoms with E-state index in [1.165, 1.54) is 12.1 Å². The van der Waals surface area contributed by atoms with Crippen molar-refractivity contribution in [2.45, 2.75) is 79.0 Å². The highest BCUT2D eigenvalue weighted by Gasteiger charge is 2.46. The lowest BCUT2D eigenvalue weighted by Gasteiger charge is -2.39. The Hall–Kier alpha value is -2.53. The number of ether oxygens (including phenoxy) is 4. The second-order valence-electron chi connectivity index (χ2n) is 9.93. The maximum atomic E-state index is 13.1. The van der Waals surface area contributed by atoms with E-state index < -0.39 is 47.7 Å². The summed E-state index contributed by atoms with van der Waals surface area (Å²) < 4.78 is 20.9. The molecule has 1 heterocycles. The van der Waals surface area contributed by atoms with Crippen molar-refractivity contribution in [2.24, 2.45) is 10.8 Å². The average molecular weight is 468 g/mol. The van der Waals surface area contributed by atoms with Crippen LogP contribution in [0.4, 0.5) is 0 Å². The molecule has 33 heavy (non-hydrogen) atoms. The van der Waals surface area contributed by atoms with Gasteiger partial charge in [0, 0.05) is 5.41 Å². The fourth-order valence-electron chi connectivity index (χ4n) is 2.92. The third-order valence-corrected chi connectivity index (χ3v) is 4.91. The number of carbonyl (C=O) groups excluding carboxylic acids is 3. The summed E-state index contributed by atoms with van der Waals surface area (Å²) in [4.78, 5) is 35.8. The third-order valence-electron chi connectivity index (χ3n) is 4.91. The van der Waals surface area contributed by atoms with Crippen LogP contribution < -0.4 is 4.74 Å². The highest BCUT2D eigenvalue weighted by molar-refractivity contribution is 6.02. The standard InChI is InChI=1S/C23H32O10/c1-22(2,3)18(28)13-9-12(10-30-21(29)23(4,5)6)7-8-14(13)32-20-17(27)15(25)16(26)19(33-20)31-11-24/h7-9,11,15-17,19-20,25-27H,10H2,1-6H3/t15-,16-,17+,19-,20+/m0/s1. The van der Waals surface area contributed by atoms with E-state index in [2.05, 4.69) is 4.74 Å². The van der Waals surface area contributed by atoms with E-state index in [-0.39, 0.29) is 30.2 Å². The molecule has 1 aliphatic rings. The van der Waals surface area contributed by atoms with Gasteiger partial charge >= 0.3 is 5.97 Å². The number of aliphatic hydroxyl groups is 3. The van der Waals surface area contributed by atoms with E-state index in [9.17, 15) is 29.7 Å². The summed E-state index contributed by atoms with van der Waals surface area (Å²) in [6, 6.07) is 4.53. The van der Waals surface area contributed by atoms with Crippen LogP contribution in [-0.2, 0) is 30.4 Å². The van der Waals surface area contributed by atoms with Gasteiger partial charge in [0.1, 0.15) is 30.7 Å². The molecule has 0 unspecified atom stereocenters. The first-order valence-electron chi connectivity index (χ1n) is 10.5. The van der Waals surface area contributed by atoms with Gasteiger partial charge in [-0.05, 0) is 38.5 Å². The zero-order valence-corrected chi connectivity index (χ0v) is 19.6. The minimum absolute atomic E-state index is 0.0254. The van der Waals surface area contributed by atoms with Crippen molar-refractivity contribution < 1.29 is 48.7 Å². The summed E-state index contributed by atoms with van der Waals surface area (Å²) >= 11 is 0. The van der Waals surface area contributed by atoms with Gasteiger partial charge < -0.3 is 29.5 Å². The summed E-state index contributed by atoms with van der Waals surface area (Å²) in [5, 5.41) is 30.2. The van der Waals surface area contributed by atoms with Crippen LogP contribution >= 0.6 is 0 Å². The summed E-state index contributed by atoms with van der Waals surface area (Å²) in [5.41, 5.74) is -0.817. The summed E-state index contributed by atoms with van der Waals surface area (Å²) in [5.74, 6) is -0.676. The molecule has 3 N–H and O–H groups in total. The van der Waals surface area contributed by atoms with Crippen molar-refractivity contribution in [3.63, 3.8) is 0 Å². The van der Waals surface area contributed by atoms with E-state index in [0.717, 1.165) is 0 Å². The minimum atomic E-state index is -1.73. The topological polar surface area (TPSA) is 149 Å². The number of carbonyl (C=O) groups is 3. The van der Waals surface area contributed by atoms with Gasteiger partial charge in [-0.15, -0.1) is 0 Å². The summed E-state index contributed by atoms with van der Waals surface area (Å²) in [7, 11) is 0. The van der Waals surface area contributed by atoms with Crippen molar-refractivity contribution in [1.29, 1.82) is 0 Å². The molecular weight excluding hydrogens is 436 g/mol. The minimum Gasteiger partial charge on any atom is -0.461 e. The van der Waals surface area contributed by atoms with Crippen LogP contribution in [0.5, 0.6) is 5.75 Å². The van der Waals surface area contributed by atoms with E-state index in [1.54, 1.807) is 47.6 Å². The number of hydrogen-bond donors (Lipinski definition) is 3. The monoisotopic (exact) mass is 468 g/mol. The molecule has 5 atom stereocenters. The summed E-state index contributed by atoms with van der Waals surface area (Å²) in [6.07, 6.45) is -8.25. The highest BCUT2D eigenvalue weighted by Crippen LogP contribution is 2.32. The van der Waals surface area contributed by atoms with Gasteiger partial charge in [0.05, 0.1) is 11.0 Å². The van der Waals surface area contributed by atoms with Crippen molar-refractivity contribution >= 4 is 18.2 Å². The fourth-order valence-corrected chi connectivity index (χ4v) is 2.92. The second kappa shape index (κ2) is 10.2. The average Bonchev–Trinajstić information content (AvgIpc) is 2.72. The first-order valence-corrected chi connectivity index (χ1v) is 10.5. The zero-order valence-electron chi connectivity index (χ0n) is 19.6. The first-order chi connectivity index (χ1) is 15.2. The number of ketones is 1. The van der Waals surface area contributed by atoms with E-state index in [0.29, 0.717) is 5.56 Å². The molecule has 0 aliphatic carbocycles. The van der Waals surface area contributed by atoms with Crippen LogP contribution in [0, 0.1) is 10.8 Å². The van der Waals surface area contributed by atoms with Crippen LogP contribution in [0.25, 0.3) is 0 Å². The van der Waals surface area contributed by atoms with Crippen molar-refractivity contribution in [3.05, 3.63) is 29.3 Å². The Morgan fingerprint density at radius 3 is 2.12 bits per heavy atom. The van der Waals surface area contributed by atoms with Gasteiger partial charge in [0.15, 0.2) is 5.78 Å². The molecule has 0 radical (unpaired) electrons. The van der Waals surface area contributed by atoms with Crippen molar-refractivity contribution in [1.82, 2.24) is 0 Å². The molecular formula is C23H32O10. The van der Waals surface area contributed by atoms with E-state index in [1.807, 2.05) is 0 Å². The number of aliphatic hydroxyl groups excluding tert-OH is 3. The van der Waals surface area contributed by atoms with Crippen molar-refractivity contribution in [2.75, 3.05) is 0 Å². The fraction of sp³-hybridized carbons (Fsp3) is 0.609. The predicted octanol–water partition coefficient (Wildman–Crippen LogP) is 1.32.